The number of hydrogen-bond donors (Lipinski definition) is 0. The number of carbonyl (C=O) groups excluding carboxylic acids is 1. The van der Waals surface area contributed by atoms with Gasteiger partial charge in [0, 0.05) is 5.57 Å². The van der Waals surface area contributed by atoms with Crippen molar-refractivity contribution in [1.82, 2.24) is 0 Å². The number of hydrogen-bond acceptors (Lipinski definition) is 3. The molecular weight excluding hydrogens is 208 g/mol. The Morgan fingerprint density at radius 3 is 2.33 bits per heavy atom. The Hall–Kier alpha value is -1.09. The van der Waals surface area contributed by atoms with Crippen LogP contribution in [0.2, 0.25) is 0 Å². The van der Waals surface area contributed by atoms with Gasteiger partial charge in [0.15, 0.2) is 0 Å². The van der Waals surface area contributed by atoms with E-state index in [1.54, 1.807) is 18.3 Å². The van der Waals surface area contributed by atoms with Crippen molar-refractivity contribution < 1.29 is 9.53 Å². The topological polar surface area (TPSA) is 26.3 Å². The van der Waals surface area contributed by atoms with E-state index in [0.29, 0.717) is 12.2 Å². The summed E-state index contributed by atoms with van der Waals surface area (Å²) in [5.74, 6) is -0.284. The van der Waals surface area contributed by atoms with E-state index in [0.717, 1.165) is 12.8 Å². The minimum atomic E-state index is -0.284. The number of ether oxygens (including phenoxy) is 1. The van der Waals surface area contributed by atoms with Crippen LogP contribution in [0.5, 0.6) is 0 Å². The maximum absolute atomic E-state index is 10.7. The standard InChI is InChI=1S/C8H14O2.C4H4S/c1-4-5-6-10-8(9)7(2)3;1-2-4-5-3-1/h2,4-6H2,1,3H3;1-4H. The van der Waals surface area contributed by atoms with Crippen LogP contribution < -0.4 is 0 Å². The van der Waals surface area contributed by atoms with Crippen LogP contribution >= 0.6 is 11.3 Å². The largest absolute Gasteiger partial charge is 0.462 e. The lowest BCUT2D eigenvalue weighted by Crippen LogP contribution is -2.05. The van der Waals surface area contributed by atoms with Gasteiger partial charge in [0.1, 0.15) is 0 Å². The Balaban J connectivity index is 0.000000322. The van der Waals surface area contributed by atoms with E-state index in [4.69, 9.17) is 4.74 Å². The van der Waals surface area contributed by atoms with Crippen molar-refractivity contribution in [2.24, 2.45) is 0 Å². The van der Waals surface area contributed by atoms with Crippen LogP contribution in [0.15, 0.2) is 35.0 Å². The molecule has 1 aromatic heterocycles. The summed E-state index contributed by atoms with van der Waals surface area (Å²) >= 11 is 1.71. The van der Waals surface area contributed by atoms with Crippen molar-refractivity contribution in [1.29, 1.82) is 0 Å². The number of carbonyl (C=O) groups is 1. The van der Waals surface area contributed by atoms with E-state index < -0.39 is 0 Å². The van der Waals surface area contributed by atoms with Crippen molar-refractivity contribution in [3.8, 4) is 0 Å². The highest BCUT2D eigenvalue weighted by molar-refractivity contribution is 7.07. The lowest BCUT2D eigenvalue weighted by molar-refractivity contribution is -0.139. The Morgan fingerprint density at radius 1 is 1.40 bits per heavy atom. The van der Waals surface area contributed by atoms with Gasteiger partial charge in [0.2, 0.25) is 0 Å². The Labute approximate surface area is 95.6 Å². The quantitative estimate of drug-likeness (QED) is 0.445. The molecule has 0 spiro atoms. The van der Waals surface area contributed by atoms with Gasteiger partial charge in [-0.1, -0.05) is 32.1 Å². The molecule has 3 heteroatoms. The van der Waals surface area contributed by atoms with Gasteiger partial charge < -0.3 is 4.74 Å². The zero-order valence-corrected chi connectivity index (χ0v) is 10.2. The monoisotopic (exact) mass is 226 g/mol. The smallest absolute Gasteiger partial charge is 0.333 e. The average Bonchev–Trinajstić information content (AvgIpc) is 2.75. The van der Waals surface area contributed by atoms with Gasteiger partial charge >= 0.3 is 5.97 Å². The summed E-state index contributed by atoms with van der Waals surface area (Å²) in [6, 6.07) is 4.04. The van der Waals surface area contributed by atoms with E-state index in [2.05, 4.69) is 13.5 Å². The van der Waals surface area contributed by atoms with Crippen LogP contribution in [0.1, 0.15) is 26.7 Å². The van der Waals surface area contributed by atoms with Gasteiger partial charge in [0.25, 0.3) is 0 Å². The van der Waals surface area contributed by atoms with Gasteiger partial charge in [-0.2, -0.15) is 11.3 Å². The highest BCUT2D eigenvalue weighted by Crippen LogP contribution is 1.94. The summed E-state index contributed by atoms with van der Waals surface area (Å²) in [6.07, 6.45) is 1.97. The minimum absolute atomic E-state index is 0.284. The van der Waals surface area contributed by atoms with Gasteiger partial charge in [-0.25, -0.2) is 4.79 Å². The molecule has 0 radical (unpaired) electrons. The predicted molar refractivity (Wildman–Crippen MR) is 65.0 cm³/mol. The SMILES string of the molecule is C=C(C)C(=O)OCCCC.c1ccsc1. The predicted octanol–water partition coefficient (Wildman–Crippen LogP) is 3.65. The normalized spacial score (nSPS) is 8.67. The fraction of sp³-hybridized carbons (Fsp3) is 0.417. The maximum Gasteiger partial charge on any atom is 0.333 e. The fourth-order valence-corrected chi connectivity index (χ4v) is 1.11. The summed E-state index contributed by atoms with van der Waals surface area (Å²) in [7, 11) is 0. The van der Waals surface area contributed by atoms with Crippen molar-refractivity contribution >= 4 is 17.3 Å². The summed E-state index contributed by atoms with van der Waals surface area (Å²) in [5.41, 5.74) is 0.469. The van der Waals surface area contributed by atoms with Crippen molar-refractivity contribution in [3.05, 3.63) is 35.0 Å². The number of thiophene rings is 1. The highest BCUT2D eigenvalue weighted by Gasteiger charge is 2.00. The van der Waals surface area contributed by atoms with Crippen molar-refractivity contribution in [3.63, 3.8) is 0 Å². The molecule has 0 aromatic carbocycles. The molecule has 0 aliphatic heterocycles. The van der Waals surface area contributed by atoms with Crippen LogP contribution in [0.3, 0.4) is 0 Å². The molecule has 1 heterocycles. The summed E-state index contributed by atoms with van der Waals surface area (Å²) in [6.45, 7) is 7.67. The third-order valence-corrected chi connectivity index (χ3v) is 2.13. The highest BCUT2D eigenvalue weighted by atomic mass is 32.1. The van der Waals surface area contributed by atoms with Crippen LogP contribution in [0.4, 0.5) is 0 Å². The third-order valence-electron chi connectivity index (χ3n) is 1.50. The first-order chi connectivity index (χ1) is 7.18. The molecule has 15 heavy (non-hydrogen) atoms. The molecule has 0 saturated carbocycles. The third kappa shape index (κ3) is 9.22. The number of unbranched alkanes of at least 4 members (excludes halogenated alkanes) is 1. The Morgan fingerprint density at radius 2 is 2.00 bits per heavy atom. The molecule has 0 fully saturated rings. The maximum atomic E-state index is 10.7. The second-order valence-corrected chi connectivity index (χ2v) is 3.88. The second kappa shape index (κ2) is 9.46. The Bertz CT molecular complexity index is 248. The van der Waals surface area contributed by atoms with E-state index in [9.17, 15) is 4.79 Å². The summed E-state index contributed by atoms with van der Waals surface area (Å²) in [4.78, 5) is 10.7. The van der Waals surface area contributed by atoms with Crippen LogP contribution in [-0.4, -0.2) is 12.6 Å². The molecule has 0 aliphatic carbocycles. The molecule has 0 N–H and O–H groups in total. The average molecular weight is 226 g/mol. The molecule has 0 amide bonds. The first-order valence-electron chi connectivity index (χ1n) is 4.98. The fourth-order valence-electron chi connectivity index (χ4n) is 0.659. The second-order valence-electron chi connectivity index (χ2n) is 3.06. The van der Waals surface area contributed by atoms with Crippen molar-refractivity contribution in [2.45, 2.75) is 26.7 Å². The summed E-state index contributed by atoms with van der Waals surface area (Å²) < 4.78 is 4.81. The molecule has 1 aromatic rings. The van der Waals surface area contributed by atoms with E-state index in [1.165, 1.54) is 0 Å². The van der Waals surface area contributed by atoms with E-state index >= 15 is 0 Å². The molecule has 1 rings (SSSR count). The molecule has 0 bridgehead atoms. The van der Waals surface area contributed by atoms with Crippen LogP contribution in [-0.2, 0) is 9.53 Å². The van der Waals surface area contributed by atoms with Crippen LogP contribution in [0, 0.1) is 0 Å². The van der Waals surface area contributed by atoms with E-state index in [1.807, 2.05) is 22.9 Å². The van der Waals surface area contributed by atoms with Crippen molar-refractivity contribution in [2.75, 3.05) is 6.61 Å². The van der Waals surface area contributed by atoms with E-state index in [-0.39, 0.29) is 5.97 Å². The molecular formula is C12H18O2S. The van der Waals surface area contributed by atoms with Gasteiger partial charge in [-0.15, -0.1) is 0 Å². The van der Waals surface area contributed by atoms with Gasteiger partial charge in [0.05, 0.1) is 6.61 Å². The van der Waals surface area contributed by atoms with Crippen LogP contribution in [0.25, 0.3) is 0 Å². The van der Waals surface area contributed by atoms with Gasteiger partial charge in [-0.3, -0.25) is 0 Å². The molecule has 0 unspecified atom stereocenters. The number of esters is 1. The first kappa shape index (κ1) is 13.9. The zero-order chi connectivity index (χ0) is 11.5. The minimum Gasteiger partial charge on any atom is -0.462 e. The molecule has 0 saturated heterocycles. The lowest BCUT2D eigenvalue weighted by Gasteiger charge is -2.01. The zero-order valence-electron chi connectivity index (χ0n) is 9.36. The number of rotatable bonds is 4. The molecule has 0 aliphatic rings. The van der Waals surface area contributed by atoms with Gasteiger partial charge in [-0.05, 0) is 24.1 Å². The lowest BCUT2D eigenvalue weighted by atomic mass is 10.3. The summed E-state index contributed by atoms with van der Waals surface area (Å²) in [5, 5.41) is 4.08. The molecule has 2 nitrogen and oxygen atoms in total. The Kier molecular flexibility index (Phi) is 8.78. The first-order valence-corrected chi connectivity index (χ1v) is 5.92. The molecule has 84 valence electrons. The molecule has 0 atom stereocenters.